The van der Waals surface area contributed by atoms with E-state index >= 15 is 0 Å². The zero-order chi connectivity index (χ0) is 39.6. The highest BCUT2D eigenvalue weighted by Crippen LogP contribution is 2.55. The Morgan fingerprint density at radius 3 is 1.59 bits per heavy atom. The van der Waals surface area contributed by atoms with Crippen LogP contribution in [0.4, 0.5) is 0 Å². The largest absolute Gasteiger partial charge is 0.292 e. The number of para-hydroxylation sites is 3. The monoisotopic (exact) mass is 754 g/mol. The minimum Gasteiger partial charge on any atom is -0.292 e. The van der Waals surface area contributed by atoms with Gasteiger partial charge in [-0.2, -0.15) is 0 Å². The van der Waals surface area contributed by atoms with Crippen LogP contribution in [0.15, 0.2) is 182 Å². The molecule has 2 heteroatoms. The van der Waals surface area contributed by atoms with Gasteiger partial charge in [0.2, 0.25) is 0 Å². The maximum Gasteiger partial charge on any atom is 0.145 e. The van der Waals surface area contributed by atoms with Crippen molar-refractivity contribution in [3.05, 3.63) is 204 Å². The summed E-state index contributed by atoms with van der Waals surface area (Å²) in [6.07, 6.45) is 0. The molecule has 2 aliphatic rings. The lowest BCUT2D eigenvalue weighted by Gasteiger charge is -2.25. The van der Waals surface area contributed by atoms with Crippen molar-refractivity contribution in [3.63, 3.8) is 0 Å². The molecular formula is C57H42N2. The SMILES string of the molecule is CC1(C)c2ccccc2-c2ccc(-c3c4ccccc4c(-c4ccc(-c5nc6ccccc6n5-c5ccccc5)cc4)c4cc5c(cc34)C(C)(C)c3ccccc3-5)cc21. The van der Waals surface area contributed by atoms with E-state index in [2.05, 4.69) is 214 Å². The first-order valence-electron chi connectivity index (χ1n) is 20.8. The van der Waals surface area contributed by atoms with Crippen LogP contribution in [0.1, 0.15) is 49.9 Å². The van der Waals surface area contributed by atoms with E-state index < -0.39 is 0 Å². The molecule has 0 amide bonds. The van der Waals surface area contributed by atoms with Gasteiger partial charge in [0.15, 0.2) is 0 Å². The average molecular weight is 755 g/mol. The number of imidazole rings is 1. The van der Waals surface area contributed by atoms with E-state index in [-0.39, 0.29) is 10.8 Å². The first-order valence-corrected chi connectivity index (χ1v) is 20.8. The standard InChI is InChI=1S/C57H42N2/c1-56(2)47-22-12-10-18-39(47)41-31-30-37(32-49(41)56)54-43-21-9-8-20-42(43)53(45-33-44-40-19-11-13-23-48(40)57(3,4)50(44)34-46(45)54)35-26-28-36(29-27-35)55-58-51-24-14-15-25-52(51)59(55)38-16-6-5-7-17-38/h5-34H,1-4H3. The topological polar surface area (TPSA) is 17.8 Å². The number of hydrogen-bond acceptors (Lipinski definition) is 1. The molecule has 0 aliphatic heterocycles. The molecule has 1 heterocycles. The molecule has 59 heavy (non-hydrogen) atoms. The first-order chi connectivity index (χ1) is 28.8. The molecule has 0 spiro atoms. The van der Waals surface area contributed by atoms with Crippen molar-refractivity contribution in [1.29, 1.82) is 0 Å². The van der Waals surface area contributed by atoms with Gasteiger partial charge in [0.05, 0.1) is 11.0 Å². The Labute approximate surface area is 345 Å². The van der Waals surface area contributed by atoms with Gasteiger partial charge in [-0.1, -0.05) is 167 Å². The van der Waals surface area contributed by atoms with Crippen LogP contribution in [-0.2, 0) is 10.8 Å². The molecule has 0 bridgehead atoms. The zero-order valence-electron chi connectivity index (χ0n) is 33.7. The van der Waals surface area contributed by atoms with Gasteiger partial charge < -0.3 is 0 Å². The minimum atomic E-state index is -0.128. The molecule has 280 valence electrons. The molecule has 10 aromatic rings. The fourth-order valence-corrected chi connectivity index (χ4v) is 10.7. The maximum atomic E-state index is 5.19. The van der Waals surface area contributed by atoms with Crippen molar-refractivity contribution < 1.29 is 0 Å². The molecule has 0 saturated carbocycles. The van der Waals surface area contributed by atoms with Crippen molar-refractivity contribution in [2.75, 3.05) is 0 Å². The number of nitrogens with zero attached hydrogens (tertiary/aromatic N) is 2. The van der Waals surface area contributed by atoms with Crippen molar-refractivity contribution in [2.45, 2.75) is 38.5 Å². The lowest BCUT2D eigenvalue weighted by Crippen LogP contribution is -2.15. The Hall–Kier alpha value is -7.03. The third kappa shape index (κ3) is 4.78. The van der Waals surface area contributed by atoms with Gasteiger partial charge in [-0.05, 0) is 131 Å². The summed E-state index contributed by atoms with van der Waals surface area (Å²) < 4.78 is 2.28. The lowest BCUT2D eigenvalue weighted by atomic mass is 9.78. The van der Waals surface area contributed by atoms with Gasteiger partial charge in [0.1, 0.15) is 5.82 Å². The number of benzene rings is 9. The van der Waals surface area contributed by atoms with E-state index in [0.29, 0.717) is 0 Å². The van der Waals surface area contributed by atoms with Gasteiger partial charge in [-0.15, -0.1) is 0 Å². The second kappa shape index (κ2) is 12.2. The highest BCUT2D eigenvalue weighted by Gasteiger charge is 2.38. The molecule has 1 aromatic heterocycles. The van der Waals surface area contributed by atoms with Crippen molar-refractivity contribution >= 4 is 32.6 Å². The summed E-state index contributed by atoms with van der Waals surface area (Å²) in [4.78, 5) is 5.19. The van der Waals surface area contributed by atoms with E-state index in [9.17, 15) is 0 Å². The molecule has 0 atom stereocenters. The number of aromatic nitrogens is 2. The fourth-order valence-electron chi connectivity index (χ4n) is 10.7. The van der Waals surface area contributed by atoms with Crippen LogP contribution in [0.25, 0.3) is 94.2 Å². The Bertz CT molecular complexity index is 3360. The Morgan fingerprint density at radius 1 is 0.373 bits per heavy atom. The number of hydrogen-bond donors (Lipinski definition) is 0. The Balaban J connectivity index is 1.12. The predicted molar refractivity (Wildman–Crippen MR) is 248 cm³/mol. The first kappa shape index (κ1) is 34.0. The average Bonchev–Trinajstić information content (AvgIpc) is 3.85. The summed E-state index contributed by atoms with van der Waals surface area (Å²) in [6, 6.07) is 67.5. The number of fused-ring (bicyclic) bond motifs is 9. The summed E-state index contributed by atoms with van der Waals surface area (Å²) in [5.41, 5.74) is 20.0. The van der Waals surface area contributed by atoms with Gasteiger partial charge in [-0.25, -0.2) is 4.98 Å². The maximum absolute atomic E-state index is 5.19. The van der Waals surface area contributed by atoms with E-state index in [4.69, 9.17) is 4.98 Å². The zero-order valence-corrected chi connectivity index (χ0v) is 33.7. The van der Waals surface area contributed by atoms with E-state index in [0.717, 1.165) is 28.1 Å². The van der Waals surface area contributed by atoms with Crippen molar-refractivity contribution in [1.82, 2.24) is 9.55 Å². The van der Waals surface area contributed by atoms with Crippen LogP contribution in [-0.4, -0.2) is 9.55 Å². The third-order valence-electron chi connectivity index (χ3n) is 13.6. The molecule has 0 fully saturated rings. The summed E-state index contributed by atoms with van der Waals surface area (Å²) in [7, 11) is 0. The lowest BCUT2D eigenvalue weighted by molar-refractivity contribution is 0.660. The van der Waals surface area contributed by atoms with Gasteiger partial charge in [-0.3, -0.25) is 4.57 Å². The highest BCUT2D eigenvalue weighted by molar-refractivity contribution is 6.22. The summed E-state index contributed by atoms with van der Waals surface area (Å²) >= 11 is 0. The Kier molecular flexibility index (Phi) is 7.06. The fraction of sp³-hybridized carbons (Fsp3) is 0.105. The van der Waals surface area contributed by atoms with Crippen molar-refractivity contribution in [3.8, 4) is 61.6 Å². The van der Waals surface area contributed by atoms with Gasteiger partial charge in [0.25, 0.3) is 0 Å². The van der Waals surface area contributed by atoms with E-state index in [1.54, 1.807) is 0 Å². The molecule has 0 radical (unpaired) electrons. The number of rotatable bonds is 4. The van der Waals surface area contributed by atoms with E-state index in [1.165, 1.54) is 88.3 Å². The minimum absolute atomic E-state index is 0.0960. The second-order valence-electron chi connectivity index (χ2n) is 17.5. The van der Waals surface area contributed by atoms with Crippen LogP contribution < -0.4 is 0 Å². The molecule has 0 N–H and O–H groups in total. The summed E-state index contributed by atoms with van der Waals surface area (Å²) in [5.74, 6) is 0.937. The molecule has 2 nitrogen and oxygen atoms in total. The quantitative estimate of drug-likeness (QED) is 0.164. The van der Waals surface area contributed by atoms with Crippen molar-refractivity contribution in [2.24, 2.45) is 0 Å². The third-order valence-corrected chi connectivity index (χ3v) is 13.6. The van der Waals surface area contributed by atoms with Gasteiger partial charge in [0, 0.05) is 22.1 Å². The summed E-state index contributed by atoms with van der Waals surface area (Å²) in [6.45, 7) is 9.54. The smallest absolute Gasteiger partial charge is 0.145 e. The molecule has 0 unspecified atom stereocenters. The normalized spacial score (nSPS) is 14.4. The van der Waals surface area contributed by atoms with Crippen LogP contribution >= 0.6 is 0 Å². The molecule has 0 saturated heterocycles. The second-order valence-corrected chi connectivity index (χ2v) is 17.5. The Morgan fingerprint density at radius 2 is 0.881 bits per heavy atom. The van der Waals surface area contributed by atoms with Gasteiger partial charge >= 0.3 is 0 Å². The van der Waals surface area contributed by atoms with Crippen LogP contribution in [0.5, 0.6) is 0 Å². The van der Waals surface area contributed by atoms with Crippen LogP contribution in [0, 0.1) is 0 Å². The predicted octanol–water partition coefficient (Wildman–Crippen LogP) is 14.9. The van der Waals surface area contributed by atoms with Crippen LogP contribution in [0.3, 0.4) is 0 Å². The molecule has 2 aliphatic carbocycles. The molecule has 9 aromatic carbocycles. The van der Waals surface area contributed by atoms with E-state index in [1.807, 2.05) is 0 Å². The van der Waals surface area contributed by atoms with Crippen LogP contribution in [0.2, 0.25) is 0 Å². The summed E-state index contributed by atoms with van der Waals surface area (Å²) in [5, 5.41) is 5.10. The molecular weight excluding hydrogens is 713 g/mol. The highest BCUT2D eigenvalue weighted by atomic mass is 15.1. The molecule has 12 rings (SSSR count).